The van der Waals surface area contributed by atoms with Crippen molar-refractivity contribution in [3.05, 3.63) is 45.7 Å². The fraction of sp³-hybridized carbons (Fsp3) is 0.357. The predicted molar refractivity (Wildman–Crippen MR) is 82.3 cm³/mol. The van der Waals surface area contributed by atoms with E-state index >= 15 is 0 Å². The van der Waals surface area contributed by atoms with Crippen LogP contribution in [0, 0.1) is 6.92 Å². The molecule has 0 aliphatic heterocycles. The first-order valence-corrected chi connectivity index (χ1v) is 7.98. The summed E-state index contributed by atoms with van der Waals surface area (Å²) < 4.78 is 3.14. The molecule has 0 atom stereocenters. The quantitative estimate of drug-likeness (QED) is 0.842. The van der Waals surface area contributed by atoms with Gasteiger partial charge < -0.3 is 5.11 Å². The van der Waals surface area contributed by atoms with Gasteiger partial charge in [0.2, 0.25) is 0 Å². The Bertz CT molecular complexity index is 551. The zero-order chi connectivity index (χ0) is 13.8. The van der Waals surface area contributed by atoms with E-state index in [9.17, 15) is 0 Å². The highest BCUT2D eigenvalue weighted by Gasteiger charge is 2.12. The standard InChI is InChI=1S/C14H17BrN2OS/c1-3-17-13(14(15)10(2)16-17)9-19-12-6-4-11(8-18)5-7-12/h4-7,18H,3,8-9H2,1-2H3. The molecule has 5 heteroatoms. The SMILES string of the molecule is CCn1nc(C)c(Br)c1CSc1ccc(CO)cc1. The third-order valence-corrected chi connectivity index (χ3v) is 4.99. The lowest BCUT2D eigenvalue weighted by Gasteiger charge is -2.06. The summed E-state index contributed by atoms with van der Waals surface area (Å²) in [6.45, 7) is 5.09. The monoisotopic (exact) mass is 340 g/mol. The summed E-state index contributed by atoms with van der Waals surface area (Å²) in [5, 5.41) is 13.5. The van der Waals surface area contributed by atoms with Crippen LogP contribution in [-0.2, 0) is 18.9 Å². The molecule has 1 N–H and O–H groups in total. The molecule has 0 saturated carbocycles. The number of rotatable bonds is 5. The van der Waals surface area contributed by atoms with Gasteiger partial charge in [0.05, 0.1) is 22.5 Å². The van der Waals surface area contributed by atoms with Gasteiger partial charge in [0, 0.05) is 17.2 Å². The number of hydrogen-bond donors (Lipinski definition) is 1. The molecule has 3 nitrogen and oxygen atoms in total. The van der Waals surface area contributed by atoms with Crippen molar-refractivity contribution in [1.82, 2.24) is 9.78 Å². The first kappa shape index (κ1) is 14.6. The van der Waals surface area contributed by atoms with Gasteiger partial charge in [-0.25, -0.2) is 0 Å². The van der Waals surface area contributed by atoms with Gasteiger partial charge in [-0.1, -0.05) is 12.1 Å². The van der Waals surface area contributed by atoms with Gasteiger partial charge in [-0.05, 0) is 47.5 Å². The van der Waals surface area contributed by atoms with Crippen LogP contribution in [0.5, 0.6) is 0 Å². The Morgan fingerprint density at radius 1 is 1.32 bits per heavy atom. The highest BCUT2D eigenvalue weighted by Crippen LogP contribution is 2.29. The molecule has 2 aromatic rings. The van der Waals surface area contributed by atoms with Crippen molar-refractivity contribution in [3.63, 3.8) is 0 Å². The molecular formula is C14H17BrN2OS. The number of aliphatic hydroxyl groups is 1. The van der Waals surface area contributed by atoms with E-state index in [-0.39, 0.29) is 6.61 Å². The summed E-state index contributed by atoms with van der Waals surface area (Å²) >= 11 is 5.39. The van der Waals surface area contributed by atoms with Gasteiger partial charge in [0.1, 0.15) is 0 Å². The van der Waals surface area contributed by atoms with Crippen molar-refractivity contribution in [2.24, 2.45) is 0 Å². The van der Waals surface area contributed by atoms with E-state index < -0.39 is 0 Å². The summed E-state index contributed by atoms with van der Waals surface area (Å²) in [5.41, 5.74) is 3.20. The summed E-state index contributed by atoms with van der Waals surface area (Å²) in [6.07, 6.45) is 0. The maximum Gasteiger partial charge on any atom is 0.0739 e. The van der Waals surface area contributed by atoms with Crippen LogP contribution in [0.4, 0.5) is 0 Å². The fourth-order valence-corrected chi connectivity index (χ4v) is 3.38. The highest BCUT2D eigenvalue weighted by atomic mass is 79.9. The number of halogens is 1. The van der Waals surface area contributed by atoms with E-state index in [0.717, 1.165) is 28.0 Å². The van der Waals surface area contributed by atoms with Crippen molar-refractivity contribution in [3.8, 4) is 0 Å². The minimum absolute atomic E-state index is 0.0955. The van der Waals surface area contributed by atoms with Gasteiger partial charge in [-0.15, -0.1) is 11.8 Å². The summed E-state index contributed by atoms with van der Waals surface area (Å²) in [5.74, 6) is 0.883. The lowest BCUT2D eigenvalue weighted by atomic mass is 10.2. The predicted octanol–water partition coefficient (Wildman–Crippen LogP) is 3.76. The first-order chi connectivity index (χ1) is 9.15. The smallest absolute Gasteiger partial charge is 0.0739 e. The van der Waals surface area contributed by atoms with Crippen LogP contribution >= 0.6 is 27.7 Å². The van der Waals surface area contributed by atoms with E-state index in [1.165, 1.54) is 10.6 Å². The number of hydrogen-bond acceptors (Lipinski definition) is 3. The molecule has 1 heterocycles. The second kappa shape index (κ2) is 6.59. The van der Waals surface area contributed by atoms with Gasteiger partial charge in [-0.2, -0.15) is 5.10 Å². The molecule has 0 amide bonds. The van der Waals surface area contributed by atoms with Crippen LogP contribution in [0.1, 0.15) is 23.9 Å². The van der Waals surface area contributed by atoms with Crippen LogP contribution in [0.25, 0.3) is 0 Å². The van der Waals surface area contributed by atoms with E-state index in [4.69, 9.17) is 5.11 Å². The van der Waals surface area contributed by atoms with E-state index in [1.807, 2.05) is 35.9 Å². The van der Waals surface area contributed by atoms with Gasteiger partial charge >= 0.3 is 0 Å². The van der Waals surface area contributed by atoms with Crippen molar-refractivity contribution in [2.75, 3.05) is 0 Å². The van der Waals surface area contributed by atoms with Crippen molar-refractivity contribution < 1.29 is 5.11 Å². The average molecular weight is 341 g/mol. The molecule has 0 bridgehead atoms. The van der Waals surface area contributed by atoms with E-state index in [0.29, 0.717) is 0 Å². The van der Waals surface area contributed by atoms with E-state index in [2.05, 4.69) is 28.0 Å². The fourth-order valence-electron chi connectivity index (χ4n) is 1.85. The van der Waals surface area contributed by atoms with Crippen LogP contribution in [0.2, 0.25) is 0 Å². The Morgan fingerprint density at radius 2 is 2.00 bits per heavy atom. The molecule has 19 heavy (non-hydrogen) atoms. The number of aliphatic hydroxyl groups excluding tert-OH is 1. The zero-order valence-electron chi connectivity index (χ0n) is 11.1. The molecule has 102 valence electrons. The van der Waals surface area contributed by atoms with Gasteiger partial charge in [-0.3, -0.25) is 4.68 Å². The topological polar surface area (TPSA) is 38.0 Å². The molecule has 2 rings (SSSR count). The normalized spacial score (nSPS) is 10.9. The van der Waals surface area contributed by atoms with Gasteiger partial charge in [0.15, 0.2) is 0 Å². The second-order valence-electron chi connectivity index (χ2n) is 4.25. The Morgan fingerprint density at radius 3 is 2.58 bits per heavy atom. The van der Waals surface area contributed by atoms with Crippen molar-refractivity contribution >= 4 is 27.7 Å². The summed E-state index contributed by atoms with van der Waals surface area (Å²) in [7, 11) is 0. The molecule has 1 aromatic heterocycles. The second-order valence-corrected chi connectivity index (χ2v) is 6.09. The first-order valence-electron chi connectivity index (χ1n) is 6.20. The third-order valence-electron chi connectivity index (χ3n) is 2.93. The molecule has 1 aromatic carbocycles. The van der Waals surface area contributed by atoms with Crippen LogP contribution in [0.15, 0.2) is 33.6 Å². The lowest BCUT2D eigenvalue weighted by Crippen LogP contribution is -2.01. The summed E-state index contributed by atoms with van der Waals surface area (Å²) in [6, 6.07) is 8.01. The Labute approximate surface area is 126 Å². The number of benzene rings is 1. The number of nitrogens with zero attached hydrogens (tertiary/aromatic N) is 2. The Balaban J connectivity index is 2.09. The molecular weight excluding hydrogens is 324 g/mol. The molecule has 0 saturated heterocycles. The van der Waals surface area contributed by atoms with Crippen LogP contribution < -0.4 is 0 Å². The number of thioether (sulfide) groups is 1. The Hall–Kier alpha value is -0.780. The minimum Gasteiger partial charge on any atom is -0.392 e. The largest absolute Gasteiger partial charge is 0.392 e. The molecule has 0 fully saturated rings. The van der Waals surface area contributed by atoms with Crippen LogP contribution in [-0.4, -0.2) is 14.9 Å². The molecule has 0 radical (unpaired) electrons. The van der Waals surface area contributed by atoms with Crippen molar-refractivity contribution in [2.45, 2.75) is 37.6 Å². The maximum absolute atomic E-state index is 9.02. The molecule has 0 aliphatic rings. The average Bonchev–Trinajstić information content (AvgIpc) is 2.72. The van der Waals surface area contributed by atoms with Crippen LogP contribution in [0.3, 0.4) is 0 Å². The lowest BCUT2D eigenvalue weighted by molar-refractivity contribution is 0.282. The third kappa shape index (κ3) is 3.41. The van der Waals surface area contributed by atoms with E-state index in [1.54, 1.807) is 11.8 Å². The highest BCUT2D eigenvalue weighted by molar-refractivity contribution is 9.10. The molecule has 0 spiro atoms. The zero-order valence-corrected chi connectivity index (χ0v) is 13.5. The van der Waals surface area contributed by atoms with Gasteiger partial charge in [0.25, 0.3) is 0 Å². The molecule has 0 aliphatic carbocycles. The maximum atomic E-state index is 9.02. The Kier molecular flexibility index (Phi) is 5.07. The van der Waals surface area contributed by atoms with Crippen molar-refractivity contribution in [1.29, 1.82) is 0 Å². The number of aromatic nitrogens is 2. The number of aryl methyl sites for hydroxylation is 2. The summed E-state index contributed by atoms with van der Waals surface area (Å²) in [4.78, 5) is 1.20. The minimum atomic E-state index is 0.0955. The molecule has 0 unspecified atom stereocenters.